The Balaban J connectivity index is 1.42. The lowest BCUT2D eigenvalue weighted by Crippen LogP contribution is -2.51. The zero-order valence-electron chi connectivity index (χ0n) is 16.6. The van der Waals surface area contributed by atoms with Gasteiger partial charge in [-0.2, -0.15) is 0 Å². The lowest BCUT2D eigenvalue weighted by atomic mass is 9.87. The van der Waals surface area contributed by atoms with E-state index < -0.39 is 0 Å². The van der Waals surface area contributed by atoms with E-state index in [0.29, 0.717) is 11.7 Å². The van der Waals surface area contributed by atoms with Crippen molar-refractivity contribution in [3.05, 3.63) is 59.7 Å². The van der Waals surface area contributed by atoms with Crippen LogP contribution in [0.25, 0.3) is 0 Å². The van der Waals surface area contributed by atoms with Gasteiger partial charge >= 0.3 is 0 Å². The van der Waals surface area contributed by atoms with Crippen molar-refractivity contribution in [3.63, 3.8) is 0 Å². The highest BCUT2D eigenvalue weighted by atomic mass is 19.1. The molecule has 2 atom stereocenters. The molecule has 1 fully saturated rings. The third-order valence-corrected chi connectivity index (χ3v) is 5.93. The molecule has 154 valence electrons. The van der Waals surface area contributed by atoms with Crippen molar-refractivity contribution in [1.29, 1.82) is 0 Å². The zero-order valence-corrected chi connectivity index (χ0v) is 16.6. The van der Waals surface area contributed by atoms with E-state index in [1.54, 1.807) is 6.07 Å². The average Bonchev–Trinajstić information content (AvgIpc) is 2.72. The van der Waals surface area contributed by atoms with Crippen LogP contribution < -0.4 is 10.1 Å². The van der Waals surface area contributed by atoms with Crippen LogP contribution in [0.4, 0.5) is 4.39 Å². The van der Waals surface area contributed by atoms with Crippen molar-refractivity contribution in [2.75, 3.05) is 19.7 Å². The summed E-state index contributed by atoms with van der Waals surface area (Å²) in [7, 11) is 0. The summed E-state index contributed by atoms with van der Waals surface area (Å²) in [5.74, 6) is 0.655. The van der Waals surface area contributed by atoms with Gasteiger partial charge in [0, 0.05) is 31.9 Å². The highest BCUT2D eigenvalue weighted by molar-refractivity contribution is 5.78. The van der Waals surface area contributed by atoms with Crippen LogP contribution >= 0.6 is 0 Å². The predicted molar refractivity (Wildman–Crippen MR) is 109 cm³/mol. The Morgan fingerprint density at radius 2 is 2.14 bits per heavy atom. The smallest absolute Gasteiger partial charge is 0.258 e. The van der Waals surface area contributed by atoms with Gasteiger partial charge in [0.05, 0.1) is 5.69 Å². The molecular weight excluding hydrogens is 369 g/mol. The minimum atomic E-state index is -0.263. The number of likely N-dealkylation sites (tertiary alicyclic amines) is 1. The summed E-state index contributed by atoms with van der Waals surface area (Å²) in [6.45, 7) is 2.71. The Morgan fingerprint density at radius 1 is 1.21 bits per heavy atom. The molecule has 6 heteroatoms. The number of hydrogen-bond donors (Lipinski definition) is 1. The van der Waals surface area contributed by atoms with E-state index in [1.165, 1.54) is 12.1 Å². The summed E-state index contributed by atoms with van der Waals surface area (Å²) in [6, 6.07) is 10.7. The van der Waals surface area contributed by atoms with Crippen molar-refractivity contribution < 1.29 is 13.9 Å². The fraction of sp³-hybridized carbons (Fsp3) is 0.478. The molecule has 0 spiro atoms. The number of fused-ring (bicyclic) bond motifs is 2. The minimum absolute atomic E-state index is 0.0283. The van der Waals surface area contributed by atoms with Crippen molar-refractivity contribution in [2.45, 2.75) is 44.7 Å². The largest absolute Gasteiger partial charge is 0.483 e. The monoisotopic (exact) mass is 397 g/mol. The topological polar surface area (TPSA) is 54.5 Å². The van der Waals surface area contributed by atoms with Gasteiger partial charge in [0.15, 0.2) is 6.61 Å². The van der Waals surface area contributed by atoms with Crippen molar-refractivity contribution >= 4 is 5.91 Å². The van der Waals surface area contributed by atoms with Gasteiger partial charge in [-0.3, -0.25) is 14.7 Å². The van der Waals surface area contributed by atoms with Gasteiger partial charge in [-0.1, -0.05) is 12.5 Å². The average molecular weight is 397 g/mol. The number of nitrogens with zero attached hydrogens (tertiary/aromatic N) is 2. The molecule has 1 saturated heterocycles. The Labute approximate surface area is 171 Å². The van der Waals surface area contributed by atoms with Crippen LogP contribution in [0.2, 0.25) is 0 Å². The van der Waals surface area contributed by atoms with Gasteiger partial charge in [0.25, 0.3) is 5.91 Å². The minimum Gasteiger partial charge on any atom is -0.483 e. The van der Waals surface area contributed by atoms with Crippen molar-refractivity contribution in [2.24, 2.45) is 5.92 Å². The fourth-order valence-corrected chi connectivity index (χ4v) is 4.45. The number of carbonyl (C=O) groups is 1. The number of benzene rings is 1. The lowest BCUT2D eigenvalue weighted by molar-refractivity contribution is -0.124. The quantitative estimate of drug-likeness (QED) is 0.845. The molecule has 1 aromatic carbocycles. The third-order valence-electron chi connectivity index (χ3n) is 5.93. The molecule has 0 saturated carbocycles. The molecule has 1 amide bonds. The van der Waals surface area contributed by atoms with Crippen molar-refractivity contribution in [1.82, 2.24) is 15.2 Å². The molecular formula is C23H28FN3O2. The van der Waals surface area contributed by atoms with E-state index in [0.717, 1.165) is 63.0 Å². The summed E-state index contributed by atoms with van der Waals surface area (Å²) >= 11 is 0. The van der Waals surface area contributed by atoms with Gasteiger partial charge in [-0.15, -0.1) is 0 Å². The van der Waals surface area contributed by atoms with E-state index in [1.807, 2.05) is 18.3 Å². The molecule has 1 aromatic heterocycles. The van der Waals surface area contributed by atoms with E-state index in [4.69, 9.17) is 4.74 Å². The molecule has 0 radical (unpaired) electrons. The third kappa shape index (κ3) is 5.32. The second-order valence-corrected chi connectivity index (χ2v) is 8.07. The molecule has 29 heavy (non-hydrogen) atoms. The number of pyridine rings is 1. The molecule has 2 aromatic rings. The van der Waals surface area contributed by atoms with Crippen molar-refractivity contribution in [3.8, 4) is 5.75 Å². The first-order valence-electron chi connectivity index (χ1n) is 10.5. The Morgan fingerprint density at radius 3 is 3.00 bits per heavy atom. The number of amides is 1. The molecule has 5 nitrogen and oxygen atoms in total. The highest BCUT2D eigenvalue weighted by Gasteiger charge is 2.30. The zero-order chi connectivity index (χ0) is 20.1. The van der Waals surface area contributed by atoms with Crippen LogP contribution in [-0.2, 0) is 17.8 Å². The van der Waals surface area contributed by atoms with Crippen LogP contribution in [0.5, 0.6) is 5.75 Å². The number of aryl methyl sites for hydroxylation is 1. The summed E-state index contributed by atoms with van der Waals surface area (Å²) in [6.07, 6.45) is 6.62. The SMILES string of the molecule is O=C1COc2ccc(F)cc2CCCC[C@@H]2CN(Cc3ccccn3)CC[C@@H]2N1. The Bertz CT molecular complexity index is 830. The summed E-state index contributed by atoms with van der Waals surface area (Å²) in [4.78, 5) is 19.3. The molecule has 0 aliphatic carbocycles. The Hall–Kier alpha value is -2.47. The molecule has 2 aliphatic rings. The Kier molecular flexibility index (Phi) is 6.39. The first-order chi connectivity index (χ1) is 14.2. The van der Waals surface area contributed by atoms with Crippen LogP contribution in [-0.4, -0.2) is 41.5 Å². The highest BCUT2D eigenvalue weighted by Crippen LogP contribution is 2.27. The summed E-state index contributed by atoms with van der Waals surface area (Å²) < 4.78 is 19.3. The predicted octanol–water partition coefficient (Wildman–Crippen LogP) is 3.33. The maximum absolute atomic E-state index is 13.6. The maximum atomic E-state index is 13.6. The first-order valence-corrected chi connectivity index (χ1v) is 10.5. The standard InChI is InChI=1S/C23H28FN3O2/c24-19-8-9-22-17(13-19)5-1-2-6-18-14-27(15-20-7-3-4-11-25-20)12-10-21(18)26-23(28)16-29-22/h3-4,7-9,11,13,18,21H,1-2,5-6,10,12,14-16H2,(H,26,28)/t18-,21+/m1/s1. The van der Waals surface area contributed by atoms with Crippen LogP contribution in [0.3, 0.4) is 0 Å². The van der Waals surface area contributed by atoms with Gasteiger partial charge in [0.2, 0.25) is 0 Å². The summed E-state index contributed by atoms with van der Waals surface area (Å²) in [5, 5.41) is 3.18. The van der Waals surface area contributed by atoms with E-state index >= 15 is 0 Å². The molecule has 1 N–H and O–H groups in total. The van der Waals surface area contributed by atoms with E-state index in [2.05, 4.69) is 21.3 Å². The molecule has 0 bridgehead atoms. The summed E-state index contributed by atoms with van der Waals surface area (Å²) in [5.41, 5.74) is 1.92. The number of halogens is 1. The van der Waals surface area contributed by atoms with E-state index in [9.17, 15) is 9.18 Å². The number of hydrogen-bond acceptors (Lipinski definition) is 4. The second-order valence-electron chi connectivity index (χ2n) is 8.07. The number of piperidine rings is 1. The number of carbonyl (C=O) groups excluding carboxylic acids is 1. The van der Waals surface area contributed by atoms with Gasteiger partial charge in [0.1, 0.15) is 11.6 Å². The van der Waals surface area contributed by atoms with E-state index in [-0.39, 0.29) is 24.4 Å². The molecule has 2 aliphatic heterocycles. The number of aromatic nitrogens is 1. The van der Waals surface area contributed by atoms with Gasteiger partial charge in [-0.25, -0.2) is 4.39 Å². The second kappa shape index (κ2) is 9.35. The van der Waals surface area contributed by atoms with Gasteiger partial charge in [-0.05, 0) is 67.5 Å². The normalized spacial score (nSPS) is 23.6. The van der Waals surface area contributed by atoms with Crippen LogP contribution in [0.15, 0.2) is 42.6 Å². The fourth-order valence-electron chi connectivity index (χ4n) is 4.45. The van der Waals surface area contributed by atoms with Crippen LogP contribution in [0, 0.1) is 11.7 Å². The lowest BCUT2D eigenvalue weighted by Gasteiger charge is -2.39. The molecule has 4 rings (SSSR count). The maximum Gasteiger partial charge on any atom is 0.258 e. The van der Waals surface area contributed by atoms with Gasteiger partial charge < -0.3 is 10.1 Å². The molecule has 0 unspecified atom stereocenters. The first kappa shape index (κ1) is 19.8. The number of ether oxygens (including phenoxy) is 1. The number of nitrogens with one attached hydrogen (secondary N) is 1. The van der Waals surface area contributed by atoms with Crippen LogP contribution in [0.1, 0.15) is 36.9 Å². The molecule has 3 heterocycles. The number of rotatable bonds is 2.